The van der Waals surface area contributed by atoms with E-state index in [2.05, 4.69) is 11.1 Å². The molecule has 0 bridgehead atoms. The summed E-state index contributed by atoms with van der Waals surface area (Å²) in [5.74, 6) is -1.53. The number of aromatic hydroxyl groups is 1. The molecule has 5 nitrogen and oxygen atoms in total. The summed E-state index contributed by atoms with van der Waals surface area (Å²) in [7, 11) is 0. The van der Waals surface area contributed by atoms with Crippen molar-refractivity contribution in [2.75, 3.05) is 0 Å². The number of benzene rings is 2. The molecule has 0 fully saturated rings. The van der Waals surface area contributed by atoms with E-state index in [1.165, 1.54) is 12.1 Å². The van der Waals surface area contributed by atoms with Crippen LogP contribution in [0.2, 0.25) is 0 Å². The van der Waals surface area contributed by atoms with E-state index in [-0.39, 0.29) is 11.3 Å². The van der Waals surface area contributed by atoms with Gasteiger partial charge in [0.2, 0.25) is 0 Å². The van der Waals surface area contributed by atoms with Crippen molar-refractivity contribution < 1.29 is 15.0 Å². The highest BCUT2D eigenvalue weighted by Gasteiger charge is 2.15. The van der Waals surface area contributed by atoms with Crippen molar-refractivity contribution in [2.45, 2.75) is 13.8 Å². The lowest BCUT2D eigenvalue weighted by molar-refractivity contribution is 0.0694. The van der Waals surface area contributed by atoms with Crippen LogP contribution in [-0.2, 0) is 0 Å². The normalized spacial score (nSPS) is 10.4. The number of nitrogens with zero attached hydrogens (tertiary/aromatic N) is 2. The minimum Gasteiger partial charge on any atom is -0.507 e. The number of carboxylic acids is 1. The lowest BCUT2D eigenvalue weighted by atomic mass is 9.96. The zero-order valence-electron chi connectivity index (χ0n) is 13.6. The van der Waals surface area contributed by atoms with Gasteiger partial charge in [0.1, 0.15) is 11.3 Å². The SMILES string of the molecule is Cc1nc(C)c(-c2ccc(C#N)c(-c3ccc(C(=O)O)c(O)c3)c2)s1. The number of thiazole rings is 1. The van der Waals surface area contributed by atoms with Crippen LogP contribution in [-0.4, -0.2) is 21.2 Å². The molecule has 1 aromatic heterocycles. The molecule has 2 N–H and O–H groups in total. The lowest BCUT2D eigenvalue weighted by Gasteiger charge is -2.09. The van der Waals surface area contributed by atoms with Crippen LogP contribution in [0.1, 0.15) is 26.6 Å². The molecule has 0 saturated carbocycles. The summed E-state index contributed by atoms with van der Waals surface area (Å²) in [5, 5.41) is 29.3. The number of rotatable bonds is 3. The van der Waals surface area contributed by atoms with Gasteiger partial charge in [-0.2, -0.15) is 5.26 Å². The van der Waals surface area contributed by atoms with Crippen molar-refractivity contribution in [3.05, 3.63) is 58.2 Å². The predicted octanol–water partition coefficient (Wildman–Crippen LogP) is 4.37. The summed E-state index contributed by atoms with van der Waals surface area (Å²) in [5.41, 5.74) is 3.34. The number of carbonyl (C=O) groups is 1. The third-order valence-electron chi connectivity index (χ3n) is 3.84. The summed E-state index contributed by atoms with van der Waals surface area (Å²) in [6, 6.07) is 11.9. The Bertz CT molecular complexity index is 1030. The molecule has 1 heterocycles. The number of carboxylic acid groups (broad SMARTS) is 1. The Balaban J connectivity index is 2.17. The first kappa shape index (κ1) is 16.7. The first-order valence-corrected chi connectivity index (χ1v) is 8.27. The van der Waals surface area contributed by atoms with E-state index in [9.17, 15) is 15.2 Å². The molecular weight excluding hydrogens is 336 g/mol. The molecule has 6 heteroatoms. The lowest BCUT2D eigenvalue weighted by Crippen LogP contribution is -1.97. The molecule has 0 aliphatic carbocycles. The summed E-state index contributed by atoms with van der Waals surface area (Å²) >= 11 is 1.57. The average molecular weight is 350 g/mol. The first-order chi connectivity index (χ1) is 11.9. The molecule has 0 radical (unpaired) electrons. The molecule has 3 aromatic rings. The number of aryl methyl sites for hydroxylation is 2. The van der Waals surface area contributed by atoms with E-state index in [1.54, 1.807) is 23.5 Å². The number of hydrogen-bond acceptors (Lipinski definition) is 5. The maximum Gasteiger partial charge on any atom is 0.339 e. The van der Waals surface area contributed by atoms with Gasteiger partial charge in [0.05, 0.1) is 27.2 Å². The highest BCUT2D eigenvalue weighted by Crippen LogP contribution is 2.35. The topological polar surface area (TPSA) is 94.2 Å². The standard InChI is InChI=1S/C19H14N2O3S/c1-10-18(25-11(2)21-10)13-3-4-14(9-20)16(7-13)12-5-6-15(19(23)24)17(22)8-12/h3-8,22H,1-2H3,(H,23,24). The molecule has 3 rings (SSSR count). The molecule has 0 atom stereocenters. The Hall–Kier alpha value is -3.17. The van der Waals surface area contributed by atoms with Gasteiger partial charge >= 0.3 is 5.97 Å². The molecule has 0 saturated heterocycles. The fourth-order valence-electron chi connectivity index (χ4n) is 2.70. The van der Waals surface area contributed by atoms with Gasteiger partial charge < -0.3 is 10.2 Å². The van der Waals surface area contributed by atoms with E-state index in [0.717, 1.165) is 21.1 Å². The van der Waals surface area contributed by atoms with Crippen LogP contribution >= 0.6 is 11.3 Å². The highest BCUT2D eigenvalue weighted by molar-refractivity contribution is 7.15. The second-order valence-electron chi connectivity index (χ2n) is 5.56. The molecule has 0 aliphatic rings. The van der Waals surface area contributed by atoms with Gasteiger partial charge in [-0.3, -0.25) is 0 Å². The number of aromatic carboxylic acids is 1. The smallest absolute Gasteiger partial charge is 0.339 e. The number of nitriles is 1. The van der Waals surface area contributed by atoms with Gasteiger partial charge in [-0.1, -0.05) is 12.1 Å². The average Bonchev–Trinajstić information content (AvgIpc) is 2.92. The van der Waals surface area contributed by atoms with Crippen molar-refractivity contribution in [3.63, 3.8) is 0 Å². The number of aromatic nitrogens is 1. The van der Waals surface area contributed by atoms with E-state index in [4.69, 9.17) is 5.11 Å². The largest absolute Gasteiger partial charge is 0.507 e. The maximum absolute atomic E-state index is 11.1. The molecule has 25 heavy (non-hydrogen) atoms. The predicted molar refractivity (Wildman–Crippen MR) is 95.8 cm³/mol. The van der Waals surface area contributed by atoms with Crippen LogP contribution in [0.15, 0.2) is 36.4 Å². The molecular formula is C19H14N2O3S. The van der Waals surface area contributed by atoms with Crippen molar-refractivity contribution in [3.8, 4) is 33.4 Å². The van der Waals surface area contributed by atoms with Crippen LogP contribution in [0.25, 0.3) is 21.6 Å². The van der Waals surface area contributed by atoms with Crippen LogP contribution < -0.4 is 0 Å². The first-order valence-electron chi connectivity index (χ1n) is 7.46. The van der Waals surface area contributed by atoms with Gasteiger partial charge in [0.25, 0.3) is 0 Å². The van der Waals surface area contributed by atoms with Crippen LogP contribution in [0, 0.1) is 25.2 Å². The zero-order valence-corrected chi connectivity index (χ0v) is 14.4. The molecule has 0 unspecified atom stereocenters. The second kappa shape index (κ2) is 6.38. The zero-order chi connectivity index (χ0) is 18.1. The monoisotopic (exact) mass is 350 g/mol. The molecule has 124 valence electrons. The third kappa shape index (κ3) is 3.10. The van der Waals surface area contributed by atoms with E-state index >= 15 is 0 Å². The van der Waals surface area contributed by atoms with Gasteiger partial charge in [0, 0.05) is 5.56 Å². The Kier molecular flexibility index (Phi) is 4.26. The fraction of sp³-hybridized carbons (Fsp3) is 0.105. The fourth-order valence-corrected chi connectivity index (χ4v) is 3.62. The second-order valence-corrected chi connectivity index (χ2v) is 6.76. The summed E-state index contributed by atoms with van der Waals surface area (Å²) in [6.07, 6.45) is 0. The quantitative estimate of drug-likeness (QED) is 0.731. The van der Waals surface area contributed by atoms with Crippen LogP contribution in [0.5, 0.6) is 5.75 Å². The van der Waals surface area contributed by atoms with Gasteiger partial charge in [-0.05, 0) is 49.2 Å². The van der Waals surface area contributed by atoms with Crippen molar-refractivity contribution in [2.24, 2.45) is 0 Å². The third-order valence-corrected chi connectivity index (χ3v) is 4.97. The summed E-state index contributed by atoms with van der Waals surface area (Å²) in [4.78, 5) is 16.5. The van der Waals surface area contributed by atoms with Gasteiger partial charge in [-0.15, -0.1) is 11.3 Å². The van der Waals surface area contributed by atoms with E-state index in [0.29, 0.717) is 16.7 Å². The molecule has 0 spiro atoms. The number of phenols is 1. The molecule has 2 aromatic carbocycles. The van der Waals surface area contributed by atoms with Crippen LogP contribution in [0.4, 0.5) is 0 Å². The Morgan fingerprint density at radius 3 is 2.44 bits per heavy atom. The summed E-state index contributed by atoms with van der Waals surface area (Å²) < 4.78 is 0. The van der Waals surface area contributed by atoms with Crippen LogP contribution in [0.3, 0.4) is 0 Å². The maximum atomic E-state index is 11.1. The Morgan fingerprint density at radius 2 is 1.88 bits per heavy atom. The van der Waals surface area contributed by atoms with Gasteiger partial charge in [-0.25, -0.2) is 9.78 Å². The summed E-state index contributed by atoms with van der Waals surface area (Å²) in [6.45, 7) is 3.87. The molecule has 0 amide bonds. The van der Waals surface area contributed by atoms with Gasteiger partial charge in [0.15, 0.2) is 0 Å². The number of hydrogen-bond donors (Lipinski definition) is 2. The highest BCUT2D eigenvalue weighted by atomic mass is 32.1. The molecule has 0 aliphatic heterocycles. The van der Waals surface area contributed by atoms with E-state index in [1.807, 2.05) is 26.0 Å². The Morgan fingerprint density at radius 1 is 1.16 bits per heavy atom. The Labute approximate surface area is 148 Å². The van der Waals surface area contributed by atoms with Crippen molar-refractivity contribution in [1.29, 1.82) is 5.26 Å². The minimum absolute atomic E-state index is 0.174. The van der Waals surface area contributed by atoms with E-state index < -0.39 is 5.97 Å². The minimum atomic E-state index is -1.20. The van der Waals surface area contributed by atoms with Crippen molar-refractivity contribution >= 4 is 17.3 Å². The van der Waals surface area contributed by atoms with Crippen molar-refractivity contribution in [1.82, 2.24) is 4.98 Å².